The van der Waals surface area contributed by atoms with Gasteiger partial charge in [0.05, 0.1) is 5.69 Å². The molecule has 1 N–H and O–H groups in total. The van der Waals surface area contributed by atoms with E-state index in [0.717, 1.165) is 30.2 Å². The van der Waals surface area contributed by atoms with E-state index in [2.05, 4.69) is 20.4 Å². The van der Waals surface area contributed by atoms with Crippen LogP contribution in [0.3, 0.4) is 0 Å². The predicted octanol–water partition coefficient (Wildman–Crippen LogP) is 4.29. The molecule has 0 unspecified atom stereocenters. The number of carbonyl (C=O) groups is 1. The minimum absolute atomic E-state index is 0.0505. The molecule has 0 spiro atoms. The number of benzene rings is 2. The monoisotopic (exact) mass is 406 g/mol. The Labute approximate surface area is 174 Å². The molecular weight excluding hydrogens is 383 g/mol. The summed E-state index contributed by atoms with van der Waals surface area (Å²) in [5.41, 5.74) is 2.31. The standard InChI is InChI=1S/C23H23FN4O2/c24-19-6-2-3-7-21(19)30-16-23(29)25-18-10-8-17(9-11-18)20-12-13-22(27-26-20)28-14-4-1-5-15-28/h2-3,6-13H,1,4-5,14-16H2,(H,25,29). The highest BCUT2D eigenvalue weighted by atomic mass is 19.1. The number of ether oxygens (including phenoxy) is 1. The van der Waals surface area contributed by atoms with Gasteiger partial charge in [0.2, 0.25) is 0 Å². The lowest BCUT2D eigenvalue weighted by molar-refractivity contribution is -0.118. The Morgan fingerprint density at radius 1 is 0.967 bits per heavy atom. The third-order valence-corrected chi connectivity index (χ3v) is 4.99. The van der Waals surface area contributed by atoms with Crippen molar-refractivity contribution in [2.45, 2.75) is 19.3 Å². The first-order chi connectivity index (χ1) is 14.7. The van der Waals surface area contributed by atoms with Crippen LogP contribution in [0.15, 0.2) is 60.7 Å². The van der Waals surface area contributed by atoms with Gasteiger partial charge in [-0.1, -0.05) is 24.3 Å². The summed E-state index contributed by atoms with van der Waals surface area (Å²) in [6, 6.07) is 17.3. The molecule has 1 aliphatic rings. The Bertz CT molecular complexity index is 987. The maximum absolute atomic E-state index is 13.5. The molecule has 1 amide bonds. The van der Waals surface area contributed by atoms with Crippen molar-refractivity contribution in [2.75, 3.05) is 29.9 Å². The maximum atomic E-state index is 13.5. The lowest BCUT2D eigenvalue weighted by atomic mass is 10.1. The third-order valence-electron chi connectivity index (χ3n) is 4.99. The molecule has 1 fully saturated rings. The van der Waals surface area contributed by atoms with E-state index >= 15 is 0 Å². The minimum atomic E-state index is -0.498. The minimum Gasteiger partial charge on any atom is -0.481 e. The van der Waals surface area contributed by atoms with Crippen LogP contribution in [0.25, 0.3) is 11.3 Å². The number of piperidine rings is 1. The van der Waals surface area contributed by atoms with Crippen LogP contribution in [0, 0.1) is 5.82 Å². The summed E-state index contributed by atoms with van der Waals surface area (Å²) in [5.74, 6) is 0.102. The van der Waals surface area contributed by atoms with Crippen LogP contribution in [-0.2, 0) is 4.79 Å². The Kier molecular flexibility index (Phi) is 6.17. The van der Waals surface area contributed by atoms with Crippen molar-refractivity contribution in [1.82, 2.24) is 10.2 Å². The molecule has 1 saturated heterocycles. The first-order valence-electron chi connectivity index (χ1n) is 10.1. The van der Waals surface area contributed by atoms with Crippen LogP contribution in [0.1, 0.15) is 19.3 Å². The van der Waals surface area contributed by atoms with Gasteiger partial charge in [-0.15, -0.1) is 10.2 Å². The Morgan fingerprint density at radius 3 is 2.43 bits per heavy atom. The van der Waals surface area contributed by atoms with Gasteiger partial charge in [0.25, 0.3) is 5.91 Å². The van der Waals surface area contributed by atoms with Gasteiger partial charge in [-0.25, -0.2) is 4.39 Å². The molecule has 0 atom stereocenters. The second kappa shape index (κ2) is 9.35. The highest BCUT2D eigenvalue weighted by Gasteiger charge is 2.13. The zero-order chi connectivity index (χ0) is 20.8. The van der Waals surface area contributed by atoms with Crippen molar-refractivity contribution in [1.29, 1.82) is 0 Å². The number of carbonyl (C=O) groups excluding carboxylic acids is 1. The van der Waals surface area contributed by atoms with E-state index in [1.807, 2.05) is 24.3 Å². The second-order valence-corrected chi connectivity index (χ2v) is 7.17. The molecule has 2 aromatic carbocycles. The number of nitrogens with zero attached hydrogens (tertiary/aromatic N) is 3. The van der Waals surface area contributed by atoms with Gasteiger partial charge >= 0.3 is 0 Å². The number of aromatic nitrogens is 2. The fourth-order valence-electron chi connectivity index (χ4n) is 3.40. The van der Waals surface area contributed by atoms with Crippen LogP contribution in [0.2, 0.25) is 0 Å². The summed E-state index contributed by atoms with van der Waals surface area (Å²) in [5, 5.41) is 11.5. The molecular formula is C23H23FN4O2. The van der Waals surface area contributed by atoms with Crippen molar-refractivity contribution in [3.05, 3.63) is 66.5 Å². The first kappa shape index (κ1) is 19.8. The quantitative estimate of drug-likeness (QED) is 0.661. The molecule has 0 aliphatic carbocycles. The number of anilines is 2. The zero-order valence-corrected chi connectivity index (χ0v) is 16.6. The Morgan fingerprint density at radius 2 is 1.73 bits per heavy atom. The van der Waals surface area contributed by atoms with Gasteiger partial charge in [0.15, 0.2) is 24.0 Å². The predicted molar refractivity (Wildman–Crippen MR) is 114 cm³/mol. The average Bonchev–Trinajstić information content (AvgIpc) is 2.80. The summed E-state index contributed by atoms with van der Waals surface area (Å²) in [7, 11) is 0. The van der Waals surface area contributed by atoms with E-state index in [4.69, 9.17) is 4.74 Å². The summed E-state index contributed by atoms with van der Waals surface area (Å²) in [6.45, 7) is 1.79. The molecule has 7 heteroatoms. The van der Waals surface area contributed by atoms with Gasteiger partial charge in [0.1, 0.15) is 0 Å². The highest BCUT2D eigenvalue weighted by Crippen LogP contribution is 2.22. The lowest BCUT2D eigenvalue weighted by Crippen LogP contribution is -2.30. The summed E-state index contributed by atoms with van der Waals surface area (Å²) < 4.78 is 18.7. The van der Waals surface area contributed by atoms with Gasteiger partial charge in [-0.2, -0.15) is 0 Å². The highest BCUT2D eigenvalue weighted by molar-refractivity contribution is 5.92. The molecule has 1 aliphatic heterocycles. The first-order valence-corrected chi connectivity index (χ1v) is 10.1. The van der Waals surface area contributed by atoms with E-state index in [1.165, 1.54) is 31.4 Å². The van der Waals surface area contributed by atoms with E-state index in [9.17, 15) is 9.18 Å². The van der Waals surface area contributed by atoms with Crippen LogP contribution in [-0.4, -0.2) is 35.8 Å². The molecule has 154 valence electrons. The molecule has 30 heavy (non-hydrogen) atoms. The molecule has 3 aromatic rings. The summed E-state index contributed by atoms with van der Waals surface area (Å²) in [4.78, 5) is 14.3. The number of hydrogen-bond acceptors (Lipinski definition) is 5. The number of rotatable bonds is 6. The van der Waals surface area contributed by atoms with Crippen molar-refractivity contribution >= 4 is 17.4 Å². The van der Waals surface area contributed by atoms with Crippen molar-refractivity contribution < 1.29 is 13.9 Å². The third kappa shape index (κ3) is 4.92. The van der Waals surface area contributed by atoms with Gasteiger partial charge in [0, 0.05) is 24.3 Å². The topological polar surface area (TPSA) is 67.3 Å². The Hall–Kier alpha value is -3.48. The van der Waals surface area contributed by atoms with Crippen molar-refractivity contribution in [3.63, 3.8) is 0 Å². The van der Waals surface area contributed by atoms with Gasteiger partial charge in [-0.05, 0) is 55.7 Å². The molecule has 6 nitrogen and oxygen atoms in total. The fourth-order valence-corrected chi connectivity index (χ4v) is 3.40. The molecule has 0 saturated carbocycles. The number of amides is 1. The smallest absolute Gasteiger partial charge is 0.262 e. The maximum Gasteiger partial charge on any atom is 0.262 e. The van der Waals surface area contributed by atoms with Crippen LogP contribution < -0.4 is 15.0 Å². The number of nitrogens with one attached hydrogen (secondary N) is 1. The summed E-state index contributed by atoms with van der Waals surface area (Å²) >= 11 is 0. The zero-order valence-electron chi connectivity index (χ0n) is 16.6. The van der Waals surface area contributed by atoms with Crippen LogP contribution >= 0.6 is 0 Å². The van der Waals surface area contributed by atoms with E-state index in [-0.39, 0.29) is 18.3 Å². The fraction of sp³-hybridized carbons (Fsp3) is 0.261. The number of para-hydroxylation sites is 1. The van der Waals surface area contributed by atoms with Crippen molar-refractivity contribution in [3.8, 4) is 17.0 Å². The largest absolute Gasteiger partial charge is 0.481 e. The molecule has 0 radical (unpaired) electrons. The van der Waals surface area contributed by atoms with Gasteiger partial charge in [-0.3, -0.25) is 4.79 Å². The van der Waals surface area contributed by atoms with E-state index < -0.39 is 5.82 Å². The molecule has 4 rings (SSSR count). The van der Waals surface area contributed by atoms with E-state index in [0.29, 0.717) is 5.69 Å². The van der Waals surface area contributed by atoms with Crippen LogP contribution in [0.5, 0.6) is 5.75 Å². The Balaban J connectivity index is 1.33. The molecule has 0 bridgehead atoms. The van der Waals surface area contributed by atoms with E-state index in [1.54, 1.807) is 24.3 Å². The number of halogens is 1. The average molecular weight is 406 g/mol. The number of hydrogen-bond donors (Lipinski definition) is 1. The van der Waals surface area contributed by atoms with Gasteiger partial charge < -0.3 is 15.0 Å². The molecule has 2 heterocycles. The second-order valence-electron chi connectivity index (χ2n) is 7.17. The molecule has 1 aromatic heterocycles. The van der Waals surface area contributed by atoms with Crippen molar-refractivity contribution in [2.24, 2.45) is 0 Å². The SMILES string of the molecule is O=C(COc1ccccc1F)Nc1ccc(-c2ccc(N3CCCCC3)nn2)cc1. The summed E-state index contributed by atoms with van der Waals surface area (Å²) in [6.07, 6.45) is 3.67. The van der Waals surface area contributed by atoms with Crippen LogP contribution in [0.4, 0.5) is 15.9 Å². The normalized spacial score (nSPS) is 13.7. The lowest BCUT2D eigenvalue weighted by Gasteiger charge is -2.27.